The zero-order valence-electron chi connectivity index (χ0n) is 7.38. The molecule has 0 saturated heterocycles. The van der Waals surface area contributed by atoms with Crippen molar-refractivity contribution in [2.75, 3.05) is 0 Å². The van der Waals surface area contributed by atoms with Gasteiger partial charge in [-0.1, -0.05) is 11.6 Å². The van der Waals surface area contributed by atoms with Gasteiger partial charge in [-0.3, -0.25) is 4.68 Å². The van der Waals surface area contributed by atoms with Crippen molar-refractivity contribution in [1.29, 1.82) is 0 Å². The molecular formula is C7H8ClN5S. The van der Waals surface area contributed by atoms with Gasteiger partial charge < -0.3 is 5.73 Å². The van der Waals surface area contributed by atoms with Crippen LogP contribution in [0.25, 0.3) is 0 Å². The van der Waals surface area contributed by atoms with Crippen molar-refractivity contribution in [3.05, 3.63) is 28.8 Å². The number of nitrogens with two attached hydrogens (primary N) is 1. The van der Waals surface area contributed by atoms with Crippen LogP contribution in [0.2, 0.25) is 5.02 Å². The highest BCUT2D eigenvalue weighted by Crippen LogP contribution is 2.24. The molecule has 2 N–H and O–H groups in total. The van der Waals surface area contributed by atoms with Crippen LogP contribution in [-0.4, -0.2) is 18.5 Å². The minimum atomic E-state index is -0.367. The van der Waals surface area contributed by atoms with Crippen molar-refractivity contribution in [2.45, 2.75) is 6.04 Å². The van der Waals surface area contributed by atoms with E-state index in [1.807, 2.05) is 0 Å². The first-order valence-electron chi connectivity index (χ1n) is 3.90. The van der Waals surface area contributed by atoms with Gasteiger partial charge in [-0.25, -0.2) is 0 Å². The summed E-state index contributed by atoms with van der Waals surface area (Å²) in [7, 11) is 1.79. The van der Waals surface area contributed by atoms with Gasteiger partial charge in [0.1, 0.15) is 0 Å². The molecule has 14 heavy (non-hydrogen) atoms. The lowest BCUT2D eigenvalue weighted by molar-refractivity contribution is 0.667. The second-order valence-electron chi connectivity index (χ2n) is 2.81. The van der Waals surface area contributed by atoms with Crippen LogP contribution in [0.3, 0.4) is 0 Å². The molecule has 5 nitrogen and oxygen atoms in total. The van der Waals surface area contributed by atoms with Gasteiger partial charge in [0.25, 0.3) is 0 Å². The lowest BCUT2D eigenvalue weighted by Gasteiger charge is -2.09. The highest BCUT2D eigenvalue weighted by atomic mass is 35.5. The topological polar surface area (TPSA) is 69.6 Å². The maximum atomic E-state index is 5.97. The number of rotatable bonds is 2. The third-order valence-electron chi connectivity index (χ3n) is 1.93. The molecule has 0 aliphatic carbocycles. The van der Waals surface area contributed by atoms with E-state index in [1.54, 1.807) is 24.1 Å². The van der Waals surface area contributed by atoms with Crippen LogP contribution in [-0.2, 0) is 7.05 Å². The van der Waals surface area contributed by atoms with Crippen LogP contribution >= 0.6 is 23.3 Å². The molecule has 0 aliphatic rings. The van der Waals surface area contributed by atoms with Crippen LogP contribution in [0.4, 0.5) is 0 Å². The molecule has 1 unspecified atom stereocenters. The van der Waals surface area contributed by atoms with E-state index >= 15 is 0 Å². The first-order chi connectivity index (χ1) is 6.70. The molecule has 2 aromatic heterocycles. The molecule has 0 amide bonds. The first-order valence-corrected chi connectivity index (χ1v) is 5.01. The number of nitrogens with zero attached hydrogens (tertiary/aromatic N) is 4. The molecular weight excluding hydrogens is 222 g/mol. The maximum Gasteiger partial charge on any atom is 0.0971 e. The minimum absolute atomic E-state index is 0.367. The van der Waals surface area contributed by atoms with E-state index in [0.717, 1.165) is 17.4 Å². The molecule has 2 aromatic rings. The number of aromatic nitrogens is 4. The summed E-state index contributed by atoms with van der Waals surface area (Å²) >= 11 is 7.07. The number of hydrogen-bond acceptors (Lipinski definition) is 5. The Morgan fingerprint density at radius 2 is 2.36 bits per heavy atom. The predicted octanol–water partition coefficient (Wildman–Crippen LogP) is 0.973. The Morgan fingerprint density at radius 1 is 1.57 bits per heavy atom. The van der Waals surface area contributed by atoms with Crippen LogP contribution < -0.4 is 5.73 Å². The predicted molar refractivity (Wildman–Crippen MR) is 54.2 cm³/mol. The molecule has 2 heterocycles. The maximum absolute atomic E-state index is 5.97. The molecule has 74 valence electrons. The van der Waals surface area contributed by atoms with E-state index in [9.17, 15) is 0 Å². The van der Waals surface area contributed by atoms with Crippen molar-refractivity contribution in [1.82, 2.24) is 18.5 Å². The molecule has 0 aliphatic heterocycles. The van der Waals surface area contributed by atoms with Gasteiger partial charge in [0.2, 0.25) is 0 Å². The summed E-state index contributed by atoms with van der Waals surface area (Å²) < 4.78 is 9.60. The smallest absolute Gasteiger partial charge is 0.0971 e. The van der Waals surface area contributed by atoms with E-state index in [0.29, 0.717) is 10.7 Å². The van der Waals surface area contributed by atoms with Crippen molar-refractivity contribution in [3.63, 3.8) is 0 Å². The second kappa shape index (κ2) is 3.64. The van der Waals surface area contributed by atoms with Crippen molar-refractivity contribution >= 4 is 23.3 Å². The van der Waals surface area contributed by atoms with Gasteiger partial charge in [-0.05, 0) is 0 Å². The zero-order chi connectivity index (χ0) is 10.1. The highest BCUT2D eigenvalue weighted by Gasteiger charge is 2.18. The standard InChI is InChI=1S/C7H8ClN5S/c1-13-7(4(8)2-10-13)6(9)5-3-11-14-12-5/h2-3,6H,9H2,1H3. The highest BCUT2D eigenvalue weighted by molar-refractivity contribution is 6.99. The Hall–Kier alpha value is -0.980. The fourth-order valence-corrected chi connectivity index (χ4v) is 1.96. The van der Waals surface area contributed by atoms with Crippen LogP contribution in [0.15, 0.2) is 12.4 Å². The molecule has 0 radical (unpaired) electrons. The monoisotopic (exact) mass is 229 g/mol. The summed E-state index contributed by atoms with van der Waals surface area (Å²) in [4.78, 5) is 0. The number of hydrogen-bond donors (Lipinski definition) is 1. The van der Waals surface area contributed by atoms with Gasteiger partial charge in [0, 0.05) is 7.05 Å². The SMILES string of the molecule is Cn1ncc(Cl)c1C(N)c1cnsn1. The lowest BCUT2D eigenvalue weighted by Crippen LogP contribution is -2.16. The summed E-state index contributed by atoms with van der Waals surface area (Å²) in [5, 5.41) is 4.56. The second-order valence-corrected chi connectivity index (χ2v) is 3.78. The molecule has 0 spiro atoms. The fraction of sp³-hybridized carbons (Fsp3) is 0.286. The van der Waals surface area contributed by atoms with Crippen molar-refractivity contribution in [2.24, 2.45) is 12.8 Å². The van der Waals surface area contributed by atoms with E-state index in [4.69, 9.17) is 17.3 Å². The molecule has 1 atom stereocenters. The van der Waals surface area contributed by atoms with E-state index in [1.165, 1.54) is 0 Å². The molecule has 7 heteroatoms. The molecule has 2 rings (SSSR count). The Morgan fingerprint density at radius 3 is 2.86 bits per heavy atom. The Labute approximate surface area is 89.8 Å². The summed E-state index contributed by atoms with van der Waals surface area (Å²) in [5.74, 6) is 0. The third kappa shape index (κ3) is 1.52. The molecule has 0 aromatic carbocycles. The molecule has 0 fully saturated rings. The average Bonchev–Trinajstić information content (AvgIpc) is 2.75. The fourth-order valence-electron chi connectivity index (χ4n) is 1.22. The summed E-state index contributed by atoms with van der Waals surface area (Å²) in [5.41, 5.74) is 7.42. The van der Waals surface area contributed by atoms with E-state index in [-0.39, 0.29) is 6.04 Å². The van der Waals surface area contributed by atoms with Gasteiger partial charge in [0.15, 0.2) is 0 Å². The van der Waals surface area contributed by atoms with Crippen LogP contribution in [0.5, 0.6) is 0 Å². The van der Waals surface area contributed by atoms with Gasteiger partial charge in [-0.2, -0.15) is 13.8 Å². The Balaban J connectivity index is 2.41. The Bertz CT molecular complexity index is 404. The quantitative estimate of drug-likeness (QED) is 0.833. The zero-order valence-corrected chi connectivity index (χ0v) is 8.96. The molecule has 0 saturated carbocycles. The summed E-state index contributed by atoms with van der Waals surface area (Å²) in [6, 6.07) is -0.367. The van der Waals surface area contributed by atoms with Crippen molar-refractivity contribution < 1.29 is 0 Å². The first kappa shape index (κ1) is 9.57. The van der Waals surface area contributed by atoms with Crippen LogP contribution in [0, 0.1) is 0 Å². The van der Waals surface area contributed by atoms with E-state index < -0.39 is 0 Å². The van der Waals surface area contributed by atoms with Gasteiger partial charge in [-0.15, -0.1) is 0 Å². The normalized spacial score (nSPS) is 13.1. The summed E-state index contributed by atoms with van der Waals surface area (Å²) in [6.45, 7) is 0. The van der Waals surface area contributed by atoms with Gasteiger partial charge in [0.05, 0.1) is 46.6 Å². The number of halogens is 1. The average molecular weight is 230 g/mol. The number of aryl methyl sites for hydroxylation is 1. The Kier molecular flexibility index (Phi) is 2.49. The third-order valence-corrected chi connectivity index (χ3v) is 2.71. The van der Waals surface area contributed by atoms with Crippen LogP contribution in [0.1, 0.15) is 17.4 Å². The van der Waals surface area contributed by atoms with Crippen molar-refractivity contribution in [3.8, 4) is 0 Å². The molecule has 0 bridgehead atoms. The lowest BCUT2D eigenvalue weighted by atomic mass is 10.2. The minimum Gasteiger partial charge on any atom is -0.318 e. The van der Waals surface area contributed by atoms with E-state index in [2.05, 4.69) is 13.8 Å². The summed E-state index contributed by atoms with van der Waals surface area (Å²) in [6.07, 6.45) is 3.20. The van der Waals surface area contributed by atoms with Gasteiger partial charge >= 0.3 is 0 Å². The largest absolute Gasteiger partial charge is 0.318 e.